The number of hydrogen-bond acceptors (Lipinski definition) is 6. The molecule has 2 aromatic heterocycles. The zero-order valence-corrected chi connectivity index (χ0v) is 13.6. The summed E-state index contributed by atoms with van der Waals surface area (Å²) in [5.74, 6) is 2.31. The van der Waals surface area contributed by atoms with Gasteiger partial charge in [-0.3, -0.25) is 0 Å². The van der Waals surface area contributed by atoms with E-state index in [-0.39, 0.29) is 11.9 Å². The summed E-state index contributed by atoms with van der Waals surface area (Å²) in [7, 11) is 0. The first-order chi connectivity index (χ1) is 11.0. The Morgan fingerprint density at radius 1 is 1.22 bits per heavy atom. The van der Waals surface area contributed by atoms with Crippen LogP contribution >= 0.6 is 0 Å². The van der Waals surface area contributed by atoms with Crippen LogP contribution in [0, 0.1) is 20.8 Å². The van der Waals surface area contributed by atoms with Crippen molar-refractivity contribution in [3.63, 3.8) is 0 Å². The molecule has 1 fully saturated rings. The van der Waals surface area contributed by atoms with Crippen LogP contribution in [0.5, 0.6) is 0 Å². The van der Waals surface area contributed by atoms with E-state index in [1.165, 1.54) is 0 Å². The van der Waals surface area contributed by atoms with E-state index < -0.39 is 0 Å². The predicted molar refractivity (Wildman–Crippen MR) is 80.8 cm³/mol. The lowest BCUT2D eigenvalue weighted by molar-refractivity contribution is 0.175. The van der Waals surface area contributed by atoms with Gasteiger partial charge >= 0.3 is 6.03 Å². The van der Waals surface area contributed by atoms with Gasteiger partial charge in [0.25, 0.3) is 0 Å². The smallest absolute Gasteiger partial charge is 0.317 e. The van der Waals surface area contributed by atoms with Crippen LogP contribution in [0.2, 0.25) is 0 Å². The average molecular weight is 319 g/mol. The quantitative estimate of drug-likeness (QED) is 0.930. The second kappa shape index (κ2) is 6.39. The SMILES string of the molecule is Cc1noc(C2CCN(C(=O)NCc3c(C)noc3C)CC2)n1. The van der Waals surface area contributed by atoms with Crippen molar-refractivity contribution in [2.24, 2.45) is 0 Å². The molecule has 0 aromatic carbocycles. The van der Waals surface area contributed by atoms with E-state index in [1.54, 1.807) is 0 Å². The van der Waals surface area contributed by atoms with Gasteiger partial charge in [-0.2, -0.15) is 4.98 Å². The number of urea groups is 1. The lowest BCUT2D eigenvalue weighted by Crippen LogP contribution is -2.44. The minimum Gasteiger partial charge on any atom is -0.361 e. The van der Waals surface area contributed by atoms with Crippen LogP contribution in [0.4, 0.5) is 4.79 Å². The minimum atomic E-state index is -0.0647. The van der Waals surface area contributed by atoms with Crippen molar-refractivity contribution in [3.8, 4) is 0 Å². The molecule has 0 unspecified atom stereocenters. The summed E-state index contributed by atoms with van der Waals surface area (Å²) in [5.41, 5.74) is 1.75. The van der Waals surface area contributed by atoms with Crippen LogP contribution < -0.4 is 5.32 Å². The standard InChI is InChI=1S/C15H21N5O3/c1-9-13(10(2)22-18-9)8-16-15(21)20-6-4-12(5-7-20)14-17-11(3)19-23-14/h12H,4-8H2,1-3H3,(H,16,21). The van der Waals surface area contributed by atoms with E-state index in [2.05, 4.69) is 20.6 Å². The van der Waals surface area contributed by atoms with Crippen molar-refractivity contribution < 1.29 is 13.8 Å². The summed E-state index contributed by atoms with van der Waals surface area (Å²) in [5, 5.41) is 10.6. The molecule has 0 spiro atoms. The van der Waals surface area contributed by atoms with Crippen LogP contribution in [0.1, 0.15) is 47.5 Å². The fourth-order valence-corrected chi connectivity index (χ4v) is 2.84. The topological polar surface area (TPSA) is 97.3 Å². The van der Waals surface area contributed by atoms with E-state index in [9.17, 15) is 4.79 Å². The second-order valence-corrected chi connectivity index (χ2v) is 5.90. The van der Waals surface area contributed by atoms with E-state index in [4.69, 9.17) is 9.05 Å². The van der Waals surface area contributed by atoms with E-state index in [0.29, 0.717) is 31.3 Å². The zero-order chi connectivity index (χ0) is 16.4. The third-order valence-corrected chi connectivity index (χ3v) is 4.27. The van der Waals surface area contributed by atoms with Crippen molar-refractivity contribution in [2.45, 2.75) is 46.1 Å². The molecule has 124 valence electrons. The molecule has 0 saturated carbocycles. The van der Waals surface area contributed by atoms with Gasteiger partial charge < -0.3 is 19.3 Å². The predicted octanol–water partition coefficient (Wildman–Crippen LogP) is 2.07. The maximum Gasteiger partial charge on any atom is 0.317 e. The Balaban J connectivity index is 1.50. The van der Waals surface area contributed by atoms with Gasteiger partial charge in [0.05, 0.1) is 5.69 Å². The molecule has 8 nitrogen and oxygen atoms in total. The van der Waals surface area contributed by atoms with E-state index >= 15 is 0 Å². The van der Waals surface area contributed by atoms with Gasteiger partial charge in [-0.05, 0) is 33.6 Å². The summed E-state index contributed by atoms with van der Waals surface area (Å²) in [6.45, 7) is 7.32. The fourth-order valence-electron chi connectivity index (χ4n) is 2.84. The largest absolute Gasteiger partial charge is 0.361 e. The number of rotatable bonds is 3. The van der Waals surface area contributed by atoms with Gasteiger partial charge in [0, 0.05) is 31.1 Å². The highest BCUT2D eigenvalue weighted by molar-refractivity contribution is 5.74. The Bertz CT molecular complexity index is 666. The van der Waals surface area contributed by atoms with Gasteiger partial charge in [-0.25, -0.2) is 4.79 Å². The number of nitrogens with zero attached hydrogens (tertiary/aromatic N) is 4. The van der Waals surface area contributed by atoms with Crippen LogP contribution in [0.25, 0.3) is 0 Å². The minimum absolute atomic E-state index is 0.0647. The number of hydrogen-bond donors (Lipinski definition) is 1. The Labute approximate surface area is 134 Å². The van der Waals surface area contributed by atoms with Gasteiger partial charge in [-0.15, -0.1) is 0 Å². The molecular weight excluding hydrogens is 298 g/mol. The van der Waals surface area contributed by atoms with Gasteiger partial charge in [0.15, 0.2) is 5.82 Å². The molecule has 1 aliphatic rings. The first-order valence-electron chi connectivity index (χ1n) is 7.79. The van der Waals surface area contributed by atoms with Crippen LogP contribution in [-0.4, -0.2) is 39.3 Å². The summed E-state index contributed by atoms with van der Waals surface area (Å²) in [6.07, 6.45) is 1.67. The first kappa shape index (κ1) is 15.5. The molecule has 3 heterocycles. The summed E-state index contributed by atoms with van der Waals surface area (Å²) in [4.78, 5) is 18.4. The molecule has 2 amide bonds. The van der Waals surface area contributed by atoms with Crippen molar-refractivity contribution >= 4 is 6.03 Å². The Morgan fingerprint density at radius 3 is 2.52 bits per heavy atom. The maximum atomic E-state index is 12.3. The number of amides is 2. The van der Waals surface area contributed by atoms with Gasteiger partial charge in [-0.1, -0.05) is 10.3 Å². The first-order valence-corrected chi connectivity index (χ1v) is 7.79. The highest BCUT2D eigenvalue weighted by Gasteiger charge is 2.27. The maximum absolute atomic E-state index is 12.3. The molecule has 8 heteroatoms. The number of nitrogens with one attached hydrogen (secondary N) is 1. The third kappa shape index (κ3) is 3.35. The molecule has 3 rings (SSSR count). The normalized spacial score (nSPS) is 15.9. The van der Waals surface area contributed by atoms with E-state index in [1.807, 2.05) is 25.7 Å². The monoisotopic (exact) mass is 319 g/mol. The average Bonchev–Trinajstić information content (AvgIpc) is 3.12. The number of aryl methyl sites for hydroxylation is 3. The summed E-state index contributed by atoms with van der Waals surface area (Å²) < 4.78 is 10.3. The number of aromatic nitrogens is 3. The Hall–Kier alpha value is -2.38. The number of likely N-dealkylation sites (tertiary alicyclic amines) is 1. The second-order valence-electron chi connectivity index (χ2n) is 5.90. The van der Waals surface area contributed by atoms with Crippen molar-refractivity contribution in [3.05, 3.63) is 28.7 Å². The molecule has 0 aliphatic carbocycles. The zero-order valence-electron chi connectivity index (χ0n) is 13.6. The molecule has 0 atom stereocenters. The lowest BCUT2D eigenvalue weighted by Gasteiger charge is -2.30. The number of piperidine rings is 1. The Kier molecular flexibility index (Phi) is 4.31. The van der Waals surface area contributed by atoms with Crippen LogP contribution in [0.15, 0.2) is 9.05 Å². The Morgan fingerprint density at radius 2 is 1.96 bits per heavy atom. The number of carbonyl (C=O) groups is 1. The molecule has 2 aromatic rings. The molecule has 1 aliphatic heterocycles. The van der Waals surface area contributed by atoms with Gasteiger partial charge in [0.2, 0.25) is 5.89 Å². The molecule has 0 radical (unpaired) electrons. The third-order valence-electron chi connectivity index (χ3n) is 4.27. The van der Waals surface area contributed by atoms with Crippen LogP contribution in [0.3, 0.4) is 0 Å². The van der Waals surface area contributed by atoms with Gasteiger partial charge in [0.1, 0.15) is 5.76 Å². The molecule has 1 saturated heterocycles. The summed E-state index contributed by atoms with van der Waals surface area (Å²) >= 11 is 0. The van der Waals surface area contributed by atoms with E-state index in [0.717, 1.165) is 29.9 Å². The molecular formula is C15H21N5O3. The highest BCUT2D eigenvalue weighted by Crippen LogP contribution is 2.26. The fraction of sp³-hybridized carbons (Fsp3) is 0.600. The summed E-state index contributed by atoms with van der Waals surface area (Å²) in [6, 6.07) is -0.0647. The lowest BCUT2D eigenvalue weighted by atomic mass is 9.97. The molecule has 0 bridgehead atoms. The molecule has 23 heavy (non-hydrogen) atoms. The van der Waals surface area contributed by atoms with Crippen molar-refractivity contribution in [1.82, 2.24) is 25.5 Å². The van der Waals surface area contributed by atoms with Crippen molar-refractivity contribution in [2.75, 3.05) is 13.1 Å². The molecule has 1 N–H and O–H groups in total. The van der Waals surface area contributed by atoms with Crippen LogP contribution in [-0.2, 0) is 6.54 Å². The van der Waals surface area contributed by atoms with Crippen molar-refractivity contribution in [1.29, 1.82) is 0 Å². The highest BCUT2D eigenvalue weighted by atomic mass is 16.5. The number of carbonyl (C=O) groups excluding carboxylic acids is 1.